The molecule has 0 saturated heterocycles. The van der Waals surface area contributed by atoms with Gasteiger partial charge in [0.25, 0.3) is 5.91 Å². The van der Waals surface area contributed by atoms with E-state index in [-0.39, 0.29) is 11.7 Å². The number of hydrogen-bond acceptors (Lipinski definition) is 3. The molecule has 2 rings (SSSR count). The second-order valence-electron chi connectivity index (χ2n) is 5.55. The maximum absolute atomic E-state index is 12.5. The van der Waals surface area contributed by atoms with Gasteiger partial charge in [0.2, 0.25) is 0 Å². The molecule has 1 aromatic rings. The summed E-state index contributed by atoms with van der Waals surface area (Å²) in [6.45, 7) is 8.63. The van der Waals surface area contributed by atoms with Gasteiger partial charge in [-0.3, -0.25) is 14.5 Å². The molecule has 4 heteroatoms. The highest BCUT2D eigenvalue weighted by Gasteiger charge is 2.43. The van der Waals surface area contributed by atoms with E-state index in [4.69, 9.17) is 4.74 Å². The van der Waals surface area contributed by atoms with E-state index in [1.165, 1.54) is 6.92 Å². The number of anilines is 1. The lowest BCUT2D eigenvalue weighted by molar-refractivity contribution is -0.134. The number of rotatable bonds is 2. The summed E-state index contributed by atoms with van der Waals surface area (Å²) in [5.74, 6) is 0.412. The number of benzene rings is 1. The summed E-state index contributed by atoms with van der Waals surface area (Å²) in [6.07, 6.45) is 0. The number of fused-ring (bicyclic) bond motifs is 1. The van der Waals surface area contributed by atoms with Gasteiger partial charge in [-0.05, 0) is 52.3 Å². The van der Waals surface area contributed by atoms with Crippen LogP contribution >= 0.6 is 0 Å². The standard InChI is InChI=1S/C15H19NO3/c1-9-6-7-13-12(8-9)16(10(2)11(3)17)14(18)15(4,5)19-13/h6-8,10H,1-5H3. The lowest BCUT2D eigenvalue weighted by atomic mass is 10.00. The number of nitrogens with zero attached hydrogens (tertiary/aromatic N) is 1. The average molecular weight is 261 g/mol. The molecule has 1 aromatic carbocycles. The maximum atomic E-state index is 12.5. The lowest BCUT2D eigenvalue weighted by Gasteiger charge is -2.41. The van der Waals surface area contributed by atoms with Crippen molar-refractivity contribution < 1.29 is 14.3 Å². The van der Waals surface area contributed by atoms with Crippen LogP contribution in [0.25, 0.3) is 0 Å². The number of amides is 1. The SMILES string of the molecule is CC(=O)C(C)N1C(=O)C(C)(C)Oc2ccc(C)cc21. The summed E-state index contributed by atoms with van der Waals surface area (Å²) < 4.78 is 5.74. The second-order valence-corrected chi connectivity index (χ2v) is 5.55. The summed E-state index contributed by atoms with van der Waals surface area (Å²) in [5.41, 5.74) is 0.744. The van der Waals surface area contributed by atoms with Gasteiger partial charge in [-0.2, -0.15) is 0 Å². The molecule has 0 N–H and O–H groups in total. The highest BCUT2D eigenvalue weighted by molar-refractivity contribution is 6.07. The zero-order valence-corrected chi connectivity index (χ0v) is 12.0. The van der Waals surface area contributed by atoms with Gasteiger partial charge in [0.15, 0.2) is 11.4 Å². The normalized spacial score (nSPS) is 18.6. The van der Waals surface area contributed by atoms with Gasteiger partial charge < -0.3 is 4.74 Å². The van der Waals surface area contributed by atoms with Crippen molar-refractivity contribution in [2.45, 2.75) is 46.3 Å². The van der Waals surface area contributed by atoms with Crippen molar-refractivity contribution in [3.8, 4) is 5.75 Å². The minimum Gasteiger partial charge on any atom is -0.476 e. The van der Waals surface area contributed by atoms with Crippen LogP contribution < -0.4 is 9.64 Å². The smallest absolute Gasteiger partial charge is 0.271 e. The fraction of sp³-hybridized carbons (Fsp3) is 0.467. The molecule has 1 aliphatic rings. The van der Waals surface area contributed by atoms with Crippen molar-refractivity contribution in [2.24, 2.45) is 0 Å². The number of ether oxygens (including phenoxy) is 1. The van der Waals surface area contributed by atoms with Gasteiger partial charge in [-0.1, -0.05) is 6.07 Å². The molecule has 1 aliphatic heterocycles. The molecular formula is C15H19NO3. The van der Waals surface area contributed by atoms with E-state index >= 15 is 0 Å². The number of carbonyl (C=O) groups excluding carboxylic acids is 2. The molecule has 19 heavy (non-hydrogen) atoms. The number of ketones is 1. The predicted octanol–water partition coefficient (Wildman–Crippen LogP) is 2.48. The first-order chi connectivity index (χ1) is 8.74. The summed E-state index contributed by atoms with van der Waals surface area (Å²) in [7, 11) is 0. The van der Waals surface area contributed by atoms with Crippen LogP contribution in [0.5, 0.6) is 5.75 Å². The van der Waals surface area contributed by atoms with Crippen molar-refractivity contribution in [3.63, 3.8) is 0 Å². The highest BCUT2D eigenvalue weighted by atomic mass is 16.5. The third-order valence-corrected chi connectivity index (χ3v) is 3.45. The molecule has 4 nitrogen and oxygen atoms in total. The Morgan fingerprint density at radius 2 is 2.00 bits per heavy atom. The first kappa shape index (κ1) is 13.6. The van der Waals surface area contributed by atoms with E-state index in [2.05, 4.69) is 0 Å². The monoisotopic (exact) mass is 261 g/mol. The quantitative estimate of drug-likeness (QED) is 0.821. The maximum Gasteiger partial charge on any atom is 0.271 e. The van der Waals surface area contributed by atoms with E-state index in [0.717, 1.165) is 5.56 Å². The Balaban J connectivity index is 2.60. The molecular weight excluding hydrogens is 242 g/mol. The Kier molecular flexibility index (Phi) is 3.12. The summed E-state index contributed by atoms with van der Waals surface area (Å²) in [6, 6.07) is 5.17. The number of Topliss-reactive ketones (excluding diaryl/α,β-unsaturated/α-hetero) is 1. The van der Waals surface area contributed by atoms with E-state index in [0.29, 0.717) is 11.4 Å². The Labute approximate surface area is 113 Å². The van der Waals surface area contributed by atoms with Crippen LogP contribution in [-0.4, -0.2) is 23.3 Å². The fourth-order valence-corrected chi connectivity index (χ4v) is 2.19. The first-order valence-electron chi connectivity index (χ1n) is 6.38. The largest absolute Gasteiger partial charge is 0.476 e. The molecule has 0 bridgehead atoms. The van der Waals surface area contributed by atoms with Crippen LogP contribution in [0.4, 0.5) is 5.69 Å². The molecule has 0 saturated carbocycles. The molecule has 0 fully saturated rings. The van der Waals surface area contributed by atoms with Crippen LogP contribution in [-0.2, 0) is 9.59 Å². The third-order valence-electron chi connectivity index (χ3n) is 3.45. The molecule has 0 spiro atoms. The minimum atomic E-state index is -0.952. The fourth-order valence-electron chi connectivity index (χ4n) is 2.19. The van der Waals surface area contributed by atoms with Crippen LogP contribution in [0, 0.1) is 6.92 Å². The van der Waals surface area contributed by atoms with E-state index < -0.39 is 11.6 Å². The van der Waals surface area contributed by atoms with Gasteiger partial charge in [0.05, 0.1) is 11.7 Å². The van der Waals surface area contributed by atoms with Crippen LogP contribution in [0.3, 0.4) is 0 Å². The molecule has 1 unspecified atom stereocenters. The third kappa shape index (κ3) is 2.23. The van der Waals surface area contributed by atoms with Crippen molar-refractivity contribution in [1.82, 2.24) is 0 Å². The molecule has 102 valence electrons. The Morgan fingerprint density at radius 3 is 2.58 bits per heavy atom. The molecule has 1 atom stereocenters. The Bertz CT molecular complexity index is 548. The topological polar surface area (TPSA) is 46.6 Å². The van der Waals surface area contributed by atoms with E-state index in [1.807, 2.05) is 25.1 Å². The molecule has 1 heterocycles. The molecule has 0 aliphatic carbocycles. The molecule has 1 amide bonds. The van der Waals surface area contributed by atoms with E-state index in [1.54, 1.807) is 25.7 Å². The Hall–Kier alpha value is -1.84. The average Bonchev–Trinajstić information content (AvgIpc) is 2.31. The van der Waals surface area contributed by atoms with Gasteiger partial charge in [0.1, 0.15) is 5.75 Å². The summed E-state index contributed by atoms with van der Waals surface area (Å²) >= 11 is 0. The van der Waals surface area contributed by atoms with Crippen molar-refractivity contribution in [3.05, 3.63) is 23.8 Å². The van der Waals surface area contributed by atoms with Gasteiger partial charge in [0, 0.05) is 0 Å². The van der Waals surface area contributed by atoms with Gasteiger partial charge >= 0.3 is 0 Å². The number of aryl methyl sites for hydroxylation is 1. The number of hydrogen-bond donors (Lipinski definition) is 0. The zero-order chi connectivity index (χ0) is 14.4. The van der Waals surface area contributed by atoms with Crippen molar-refractivity contribution in [2.75, 3.05) is 4.90 Å². The first-order valence-corrected chi connectivity index (χ1v) is 6.38. The number of carbonyl (C=O) groups is 2. The van der Waals surface area contributed by atoms with Crippen LogP contribution in [0.2, 0.25) is 0 Å². The molecule has 0 aromatic heterocycles. The molecule has 0 radical (unpaired) electrons. The van der Waals surface area contributed by atoms with Crippen LogP contribution in [0.1, 0.15) is 33.3 Å². The Morgan fingerprint density at radius 1 is 1.37 bits per heavy atom. The second kappa shape index (κ2) is 4.37. The van der Waals surface area contributed by atoms with Gasteiger partial charge in [-0.25, -0.2) is 0 Å². The predicted molar refractivity (Wildman–Crippen MR) is 73.5 cm³/mol. The summed E-state index contributed by atoms with van der Waals surface area (Å²) in [5, 5.41) is 0. The van der Waals surface area contributed by atoms with E-state index in [9.17, 15) is 9.59 Å². The lowest BCUT2D eigenvalue weighted by Crippen LogP contribution is -2.56. The minimum absolute atomic E-state index is 0.0430. The van der Waals surface area contributed by atoms with Crippen LogP contribution in [0.15, 0.2) is 18.2 Å². The van der Waals surface area contributed by atoms with Crippen molar-refractivity contribution >= 4 is 17.4 Å². The van der Waals surface area contributed by atoms with Gasteiger partial charge in [-0.15, -0.1) is 0 Å². The zero-order valence-electron chi connectivity index (χ0n) is 12.0. The summed E-state index contributed by atoms with van der Waals surface area (Å²) in [4.78, 5) is 25.7. The highest BCUT2D eigenvalue weighted by Crippen LogP contribution is 2.39. The van der Waals surface area contributed by atoms with Crippen molar-refractivity contribution in [1.29, 1.82) is 0 Å².